The fourth-order valence-electron chi connectivity index (χ4n) is 2.87. The predicted octanol–water partition coefficient (Wildman–Crippen LogP) is 5.81. The van der Waals surface area contributed by atoms with Crippen LogP contribution < -0.4 is 0 Å². The number of ether oxygens (including phenoxy) is 1. The van der Waals surface area contributed by atoms with E-state index in [4.69, 9.17) is 4.74 Å². The van der Waals surface area contributed by atoms with E-state index < -0.39 is 0 Å². The molecule has 0 aliphatic rings. The Labute approximate surface area is 162 Å². The lowest BCUT2D eigenvalue weighted by molar-refractivity contribution is 0.0775. The molecular weight excluding hydrogens is 358 g/mol. The van der Waals surface area contributed by atoms with Crippen LogP contribution >= 0.6 is 18.5 Å². The number of hydrogen-bond donors (Lipinski definition) is 1. The average molecular weight is 390 g/mol. The van der Waals surface area contributed by atoms with Gasteiger partial charge in [0.15, 0.2) is 0 Å². The topological polar surface area (TPSA) is 37.9 Å². The van der Waals surface area contributed by atoms with E-state index in [9.17, 15) is 0 Å². The molecule has 2 aromatic rings. The Bertz CT molecular complexity index is 692. The van der Waals surface area contributed by atoms with Gasteiger partial charge in [0.2, 0.25) is 0 Å². The van der Waals surface area contributed by atoms with Crippen LogP contribution in [-0.2, 0) is 11.2 Å². The van der Waals surface area contributed by atoms with E-state index in [2.05, 4.69) is 79.6 Å². The van der Waals surface area contributed by atoms with Crippen molar-refractivity contribution in [3.05, 3.63) is 53.9 Å². The Balaban J connectivity index is 1.81. The van der Waals surface area contributed by atoms with Gasteiger partial charge in [-0.15, -0.1) is 0 Å². The zero-order valence-electron chi connectivity index (χ0n) is 16.2. The first kappa shape index (κ1) is 21.3. The van der Waals surface area contributed by atoms with Crippen molar-refractivity contribution in [3.63, 3.8) is 0 Å². The van der Waals surface area contributed by atoms with Crippen LogP contribution in [0.1, 0.15) is 45.6 Å². The zero-order valence-corrected chi connectivity index (χ0v) is 18.5. The molecule has 142 valence electrons. The Morgan fingerprint density at radius 1 is 1.31 bits per heavy atom. The predicted molar refractivity (Wildman–Crippen MR) is 118 cm³/mol. The van der Waals surface area contributed by atoms with Crippen LogP contribution in [0.15, 0.2) is 48.3 Å². The van der Waals surface area contributed by atoms with Crippen LogP contribution in [0, 0.1) is 5.92 Å². The second-order valence-electron chi connectivity index (χ2n) is 7.37. The van der Waals surface area contributed by atoms with E-state index in [0.717, 1.165) is 37.3 Å². The molecule has 1 heterocycles. The molecule has 0 saturated heterocycles. The van der Waals surface area contributed by atoms with Crippen LogP contribution in [0.3, 0.4) is 0 Å². The molecule has 1 aromatic carbocycles. The third kappa shape index (κ3) is 7.70. The molecule has 26 heavy (non-hydrogen) atoms. The van der Waals surface area contributed by atoms with Crippen molar-refractivity contribution >= 4 is 18.5 Å². The van der Waals surface area contributed by atoms with Crippen LogP contribution in [0.4, 0.5) is 0 Å². The van der Waals surface area contributed by atoms with Crippen LogP contribution in [0.5, 0.6) is 0 Å². The second-order valence-corrected chi connectivity index (χ2v) is 9.99. The van der Waals surface area contributed by atoms with Gasteiger partial charge in [-0.2, -0.15) is 0 Å². The summed E-state index contributed by atoms with van der Waals surface area (Å²) in [6.07, 6.45) is 10.2. The summed E-state index contributed by atoms with van der Waals surface area (Å²) in [4.78, 5) is 7.48. The van der Waals surface area contributed by atoms with Gasteiger partial charge < -0.3 is 9.72 Å². The van der Waals surface area contributed by atoms with Gasteiger partial charge in [-0.1, -0.05) is 55.3 Å². The molecule has 0 fully saturated rings. The van der Waals surface area contributed by atoms with Crippen molar-refractivity contribution in [2.45, 2.75) is 51.5 Å². The lowest BCUT2D eigenvalue weighted by Gasteiger charge is -2.26. The number of imidazole rings is 1. The third-order valence-corrected chi connectivity index (χ3v) is 5.11. The molecule has 0 aliphatic heterocycles. The highest BCUT2D eigenvalue weighted by molar-refractivity contribution is 7.39. The van der Waals surface area contributed by atoms with Gasteiger partial charge in [0, 0.05) is 31.0 Å². The van der Waals surface area contributed by atoms with Crippen LogP contribution in [-0.4, -0.2) is 21.7 Å². The first-order chi connectivity index (χ1) is 12.4. The maximum Gasteiger partial charge on any atom is 0.137 e. The monoisotopic (exact) mass is 390 g/mol. The molecule has 2 unspecified atom stereocenters. The summed E-state index contributed by atoms with van der Waals surface area (Å²) in [7, 11) is 5.69. The standard InChI is InChI=1S/C21H32N2OP2/c1-16(2)6-4-7-17(3)10-13-24-21(25,26)15-18-8-5-9-19(14-18)20-22-11-12-23-20/h5-6,8-9,11-12,14,17H,4,7,10,13,15,25-26H2,1-3H3,(H,22,23)/t17-/m0/s1. The summed E-state index contributed by atoms with van der Waals surface area (Å²) in [5, 5.41) is -0.332. The Morgan fingerprint density at radius 3 is 2.81 bits per heavy atom. The third-order valence-electron chi connectivity index (χ3n) is 4.37. The van der Waals surface area contributed by atoms with E-state index in [1.54, 1.807) is 6.20 Å². The van der Waals surface area contributed by atoms with Crippen molar-refractivity contribution in [2.24, 2.45) is 5.92 Å². The average Bonchev–Trinajstić information content (AvgIpc) is 3.08. The zero-order chi connectivity index (χ0) is 19.0. The fourth-order valence-corrected chi connectivity index (χ4v) is 3.58. The Hall–Kier alpha value is -1.01. The van der Waals surface area contributed by atoms with Gasteiger partial charge in [-0.25, -0.2) is 4.98 Å². The summed E-state index contributed by atoms with van der Waals surface area (Å²) in [5.41, 5.74) is 3.74. The van der Waals surface area contributed by atoms with E-state index in [0.29, 0.717) is 5.92 Å². The van der Waals surface area contributed by atoms with Gasteiger partial charge in [-0.05, 0) is 50.7 Å². The minimum absolute atomic E-state index is 0.332. The lowest BCUT2D eigenvalue weighted by Crippen LogP contribution is -2.21. The number of rotatable bonds is 10. The molecule has 0 aliphatic carbocycles. The number of hydrogen-bond acceptors (Lipinski definition) is 2. The maximum absolute atomic E-state index is 6.15. The van der Waals surface area contributed by atoms with Gasteiger partial charge >= 0.3 is 0 Å². The van der Waals surface area contributed by atoms with Crippen molar-refractivity contribution < 1.29 is 4.74 Å². The molecule has 0 bridgehead atoms. The number of nitrogens with one attached hydrogen (secondary N) is 1. The molecule has 2 rings (SSSR count). The van der Waals surface area contributed by atoms with Gasteiger partial charge in [0.05, 0.1) is 5.08 Å². The highest BCUT2D eigenvalue weighted by atomic mass is 31.1. The minimum atomic E-state index is -0.332. The molecule has 5 heteroatoms. The molecule has 1 aromatic heterocycles. The summed E-state index contributed by atoms with van der Waals surface area (Å²) >= 11 is 0. The van der Waals surface area contributed by atoms with Crippen molar-refractivity contribution in [1.82, 2.24) is 9.97 Å². The normalized spacial score (nSPS) is 12.8. The SMILES string of the molecule is CC(C)=CCC[C@H](C)CCOC(P)(P)Cc1cccc(-c2ncc[nH]2)c1. The van der Waals surface area contributed by atoms with Crippen molar-refractivity contribution in [2.75, 3.05) is 6.61 Å². The van der Waals surface area contributed by atoms with E-state index >= 15 is 0 Å². The first-order valence-electron chi connectivity index (χ1n) is 9.29. The molecule has 0 amide bonds. The van der Waals surface area contributed by atoms with Crippen molar-refractivity contribution in [3.8, 4) is 11.4 Å². The number of nitrogens with zero attached hydrogens (tertiary/aromatic N) is 1. The van der Waals surface area contributed by atoms with Gasteiger partial charge in [-0.3, -0.25) is 0 Å². The van der Waals surface area contributed by atoms with E-state index in [1.165, 1.54) is 17.6 Å². The maximum atomic E-state index is 6.15. The Kier molecular flexibility index (Phi) is 8.48. The van der Waals surface area contributed by atoms with Gasteiger partial charge in [0.1, 0.15) is 5.82 Å². The quantitative estimate of drug-likeness (QED) is 0.410. The van der Waals surface area contributed by atoms with Crippen molar-refractivity contribution in [1.29, 1.82) is 0 Å². The lowest BCUT2D eigenvalue weighted by atomic mass is 10.0. The highest BCUT2D eigenvalue weighted by Gasteiger charge is 2.20. The van der Waals surface area contributed by atoms with E-state index in [-0.39, 0.29) is 5.08 Å². The molecule has 3 nitrogen and oxygen atoms in total. The molecule has 0 spiro atoms. The highest BCUT2D eigenvalue weighted by Crippen LogP contribution is 2.34. The fraction of sp³-hybridized carbons (Fsp3) is 0.476. The first-order valence-corrected chi connectivity index (χ1v) is 10.4. The van der Waals surface area contributed by atoms with Crippen LogP contribution in [0.25, 0.3) is 11.4 Å². The van der Waals surface area contributed by atoms with E-state index in [1.807, 2.05) is 6.20 Å². The number of aromatic amines is 1. The number of H-pyrrole nitrogens is 1. The van der Waals surface area contributed by atoms with Gasteiger partial charge in [0.25, 0.3) is 0 Å². The second kappa shape index (κ2) is 10.4. The number of allylic oxidation sites excluding steroid dienone is 2. The Morgan fingerprint density at radius 2 is 2.12 bits per heavy atom. The summed E-state index contributed by atoms with van der Waals surface area (Å²) in [6, 6.07) is 8.46. The molecule has 0 radical (unpaired) electrons. The summed E-state index contributed by atoms with van der Waals surface area (Å²) in [6.45, 7) is 7.40. The smallest absolute Gasteiger partial charge is 0.137 e. The van der Waals surface area contributed by atoms with Crippen LogP contribution in [0.2, 0.25) is 0 Å². The summed E-state index contributed by atoms with van der Waals surface area (Å²) in [5.74, 6) is 1.58. The molecular formula is C21H32N2OP2. The summed E-state index contributed by atoms with van der Waals surface area (Å²) < 4.78 is 6.15. The largest absolute Gasteiger partial charge is 0.367 e. The molecule has 0 saturated carbocycles. The molecule has 1 N–H and O–H groups in total. The molecule has 3 atom stereocenters. The minimum Gasteiger partial charge on any atom is -0.367 e. The number of benzene rings is 1. The number of aromatic nitrogens is 2.